The zero-order valence-corrected chi connectivity index (χ0v) is 12.6. The van der Waals surface area contributed by atoms with Crippen LogP contribution in [0.25, 0.3) is 0 Å². The lowest BCUT2D eigenvalue weighted by Crippen LogP contribution is -2.55. The fourth-order valence-corrected chi connectivity index (χ4v) is 4.10. The topological polar surface area (TPSA) is 29.3 Å². The second-order valence-corrected chi connectivity index (χ2v) is 7.44. The van der Waals surface area contributed by atoms with Crippen LogP contribution in [0, 0.1) is 11.3 Å². The second kappa shape index (κ2) is 5.92. The third-order valence-electron chi connectivity index (χ3n) is 5.07. The van der Waals surface area contributed by atoms with Crippen molar-refractivity contribution in [3.05, 3.63) is 0 Å². The molecule has 106 valence electrons. The van der Waals surface area contributed by atoms with Crippen molar-refractivity contribution in [2.45, 2.75) is 77.8 Å². The summed E-state index contributed by atoms with van der Waals surface area (Å²) in [4.78, 5) is 2.72. The minimum atomic E-state index is 0.423. The Labute approximate surface area is 113 Å². The third kappa shape index (κ3) is 3.48. The summed E-state index contributed by atoms with van der Waals surface area (Å²) in [7, 11) is 0. The van der Waals surface area contributed by atoms with Crippen LogP contribution in [0.15, 0.2) is 0 Å². The Morgan fingerprint density at radius 3 is 2.72 bits per heavy atom. The molecule has 0 aromatic heterocycles. The van der Waals surface area contributed by atoms with Crippen molar-refractivity contribution >= 4 is 0 Å². The molecule has 0 aromatic carbocycles. The standard InChI is InChI=1S/C16H32N2/c1-4-6-13-7-8-14(17)15(11-13)18-10-5-9-16(2,3)12-18/h13-15H,4-12,17H2,1-3H3. The van der Waals surface area contributed by atoms with E-state index in [2.05, 4.69) is 25.7 Å². The van der Waals surface area contributed by atoms with Crippen LogP contribution in [0.5, 0.6) is 0 Å². The van der Waals surface area contributed by atoms with E-state index >= 15 is 0 Å². The van der Waals surface area contributed by atoms with Crippen molar-refractivity contribution in [1.29, 1.82) is 0 Å². The summed E-state index contributed by atoms with van der Waals surface area (Å²) >= 11 is 0. The molecule has 1 saturated carbocycles. The van der Waals surface area contributed by atoms with Gasteiger partial charge in [-0.2, -0.15) is 0 Å². The van der Waals surface area contributed by atoms with Gasteiger partial charge >= 0.3 is 0 Å². The molecule has 1 aliphatic carbocycles. The molecule has 0 radical (unpaired) electrons. The lowest BCUT2D eigenvalue weighted by molar-refractivity contribution is 0.0390. The molecule has 2 heteroatoms. The minimum Gasteiger partial charge on any atom is -0.326 e. The van der Waals surface area contributed by atoms with Crippen molar-refractivity contribution in [3.8, 4) is 0 Å². The van der Waals surface area contributed by atoms with Crippen LogP contribution >= 0.6 is 0 Å². The third-order valence-corrected chi connectivity index (χ3v) is 5.07. The summed E-state index contributed by atoms with van der Waals surface area (Å²) in [5, 5.41) is 0. The first-order chi connectivity index (χ1) is 8.52. The van der Waals surface area contributed by atoms with Crippen LogP contribution in [-0.2, 0) is 0 Å². The van der Waals surface area contributed by atoms with Gasteiger partial charge in [0.1, 0.15) is 0 Å². The van der Waals surface area contributed by atoms with Crippen LogP contribution in [0.1, 0.15) is 65.7 Å². The van der Waals surface area contributed by atoms with Gasteiger partial charge in [-0.3, -0.25) is 4.90 Å². The fourth-order valence-electron chi connectivity index (χ4n) is 4.10. The average Bonchev–Trinajstić information content (AvgIpc) is 2.30. The monoisotopic (exact) mass is 252 g/mol. The Bertz CT molecular complexity index is 262. The summed E-state index contributed by atoms with van der Waals surface area (Å²) in [5.74, 6) is 0.935. The molecule has 1 aliphatic heterocycles. The lowest BCUT2D eigenvalue weighted by atomic mass is 9.77. The molecule has 2 nitrogen and oxygen atoms in total. The molecular weight excluding hydrogens is 220 g/mol. The molecule has 1 heterocycles. The Morgan fingerprint density at radius 2 is 2.06 bits per heavy atom. The smallest absolute Gasteiger partial charge is 0.0250 e. The molecule has 2 fully saturated rings. The van der Waals surface area contributed by atoms with Crippen molar-refractivity contribution in [2.75, 3.05) is 13.1 Å². The largest absolute Gasteiger partial charge is 0.326 e. The van der Waals surface area contributed by atoms with Gasteiger partial charge in [-0.15, -0.1) is 0 Å². The molecule has 1 saturated heterocycles. The zero-order valence-electron chi connectivity index (χ0n) is 12.6. The van der Waals surface area contributed by atoms with Crippen molar-refractivity contribution in [2.24, 2.45) is 17.1 Å². The molecule has 2 N–H and O–H groups in total. The van der Waals surface area contributed by atoms with E-state index in [1.807, 2.05) is 0 Å². The fraction of sp³-hybridized carbons (Fsp3) is 1.00. The molecule has 3 atom stereocenters. The average molecular weight is 252 g/mol. The minimum absolute atomic E-state index is 0.423. The van der Waals surface area contributed by atoms with E-state index in [4.69, 9.17) is 5.73 Å². The van der Waals surface area contributed by atoms with E-state index in [1.54, 1.807) is 0 Å². The van der Waals surface area contributed by atoms with Crippen molar-refractivity contribution in [3.63, 3.8) is 0 Å². The van der Waals surface area contributed by atoms with Gasteiger partial charge in [-0.05, 0) is 50.0 Å². The van der Waals surface area contributed by atoms with Crippen LogP contribution in [0.3, 0.4) is 0 Å². The van der Waals surface area contributed by atoms with Gasteiger partial charge in [0.2, 0.25) is 0 Å². The van der Waals surface area contributed by atoms with E-state index in [9.17, 15) is 0 Å². The molecule has 3 unspecified atom stereocenters. The molecule has 18 heavy (non-hydrogen) atoms. The number of rotatable bonds is 3. The van der Waals surface area contributed by atoms with Gasteiger partial charge < -0.3 is 5.73 Å². The van der Waals surface area contributed by atoms with Gasteiger partial charge in [0.25, 0.3) is 0 Å². The number of likely N-dealkylation sites (tertiary alicyclic amines) is 1. The molecule has 0 bridgehead atoms. The van der Waals surface area contributed by atoms with Crippen LogP contribution in [-0.4, -0.2) is 30.1 Å². The maximum absolute atomic E-state index is 6.42. The van der Waals surface area contributed by atoms with Crippen LogP contribution in [0.2, 0.25) is 0 Å². The maximum atomic E-state index is 6.42. The van der Waals surface area contributed by atoms with Gasteiger partial charge in [0.05, 0.1) is 0 Å². The van der Waals surface area contributed by atoms with E-state index in [1.165, 1.54) is 58.0 Å². The summed E-state index contributed by atoms with van der Waals surface area (Å²) < 4.78 is 0. The van der Waals surface area contributed by atoms with Gasteiger partial charge in [-0.25, -0.2) is 0 Å². The Morgan fingerprint density at radius 1 is 1.28 bits per heavy atom. The van der Waals surface area contributed by atoms with E-state index in [0.717, 1.165) is 5.92 Å². The highest BCUT2D eigenvalue weighted by molar-refractivity contribution is 4.92. The van der Waals surface area contributed by atoms with E-state index < -0.39 is 0 Å². The molecule has 2 aliphatic rings. The van der Waals surface area contributed by atoms with Gasteiger partial charge in [-0.1, -0.05) is 33.6 Å². The number of piperidine rings is 1. The number of nitrogens with zero attached hydrogens (tertiary/aromatic N) is 1. The molecule has 0 spiro atoms. The predicted molar refractivity (Wildman–Crippen MR) is 78.6 cm³/mol. The second-order valence-electron chi connectivity index (χ2n) is 7.44. The maximum Gasteiger partial charge on any atom is 0.0250 e. The molecular formula is C16H32N2. The quantitative estimate of drug-likeness (QED) is 0.834. The summed E-state index contributed by atoms with van der Waals surface area (Å²) in [6.07, 6.45) is 9.43. The Hall–Kier alpha value is -0.0800. The highest BCUT2D eigenvalue weighted by Gasteiger charge is 2.36. The van der Waals surface area contributed by atoms with Crippen molar-refractivity contribution in [1.82, 2.24) is 4.90 Å². The first kappa shape index (κ1) is 14.3. The zero-order chi connectivity index (χ0) is 13.2. The van der Waals surface area contributed by atoms with Gasteiger partial charge in [0, 0.05) is 18.6 Å². The van der Waals surface area contributed by atoms with Gasteiger partial charge in [0.15, 0.2) is 0 Å². The number of nitrogens with two attached hydrogens (primary N) is 1. The normalized spacial score (nSPS) is 37.7. The summed E-state index contributed by atoms with van der Waals surface area (Å²) in [6, 6.07) is 1.09. The molecule has 2 rings (SSSR count). The van der Waals surface area contributed by atoms with E-state index in [0.29, 0.717) is 17.5 Å². The number of hydrogen-bond acceptors (Lipinski definition) is 2. The first-order valence-corrected chi connectivity index (χ1v) is 8.01. The SMILES string of the molecule is CCCC1CCC(N)C(N2CCCC(C)(C)C2)C1. The summed E-state index contributed by atoms with van der Waals surface area (Å²) in [5.41, 5.74) is 6.91. The summed E-state index contributed by atoms with van der Waals surface area (Å²) in [6.45, 7) is 9.67. The Kier molecular flexibility index (Phi) is 4.71. The van der Waals surface area contributed by atoms with Crippen LogP contribution in [0.4, 0.5) is 0 Å². The highest BCUT2D eigenvalue weighted by atomic mass is 15.2. The molecule has 0 aromatic rings. The molecule has 0 amide bonds. The first-order valence-electron chi connectivity index (χ1n) is 8.01. The van der Waals surface area contributed by atoms with E-state index in [-0.39, 0.29) is 0 Å². The Balaban J connectivity index is 1.96. The highest BCUT2D eigenvalue weighted by Crippen LogP contribution is 2.35. The van der Waals surface area contributed by atoms with Crippen molar-refractivity contribution < 1.29 is 0 Å². The lowest BCUT2D eigenvalue weighted by Gasteiger charge is -2.47. The number of hydrogen-bond donors (Lipinski definition) is 1. The van der Waals surface area contributed by atoms with Crippen LogP contribution < -0.4 is 5.73 Å². The predicted octanol–water partition coefficient (Wildman–Crippen LogP) is 3.40.